The Bertz CT molecular complexity index is 520. The number of amides is 1. The molecule has 0 unspecified atom stereocenters. The van der Waals surface area contributed by atoms with Crippen LogP contribution in [0.2, 0.25) is 0 Å². The number of carbonyl (C=O) groups is 1. The molecule has 6 nitrogen and oxygen atoms in total. The molecular weight excluding hydrogens is 320 g/mol. The lowest BCUT2D eigenvalue weighted by Crippen LogP contribution is -2.51. The van der Waals surface area contributed by atoms with Crippen LogP contribution in [0.4, 0.5) is 0 Å². The fraction of sp³-hybridized carbons (Fsp3) is 0.562. The SMILES string of the molecule is COc1cc(C(=O)NC2(CN)CCCC2)cc(OC)c1OC.Cl. The minimum atomic E-state index is -0.294. The Morgan fingerprint density at radius 1 is 1.13 bits per heavy atom. The smallest absolute Gasteiger partial charge is 0.252 e. The zero-order valence-electron chi connectivity index (χ0n) is 13.8. The third-order valence-electron chi connectivity index (χ3n) is 4.26. The standard InChI is InChI=1S/C16H24N2O4.ClH/c1-20-12-8-11(9-13(21-2)14(12)22-3)15(19)18-16(10-17)6-4-5-7-16;/h8-9H,4-7,10,17H2,1-3H3,(H,18,19);1H. The van der Waals surface area contributed by atoms with Crippen molar-refractivity contribution in [1.82, 2.24) is 5.32 Å². The van der Waals surface area contributed by atoms with Crippen molar-refractivity contribution in [2.24, 2.45) is 5.73 Å². The molecule has 1 fully saturated rings. The van der Waals surface area contributed by atoms with Crippen LogP contribution in [0.5, 0.6) is 17.2 Å². The summed E-state index contributed by atoms with van der Waals surface area (Å²) < 4.78 is 15.8. The highest BCUT2D eigenvalue weighted by Crippen LogP contribution is 2.38. The largest absolute Gasteiger partial charge is 0.493 e. The Morgan fingerprint density at radius 3 is 2.04 bits per heavy atom. The van der Waals surface area contributed by atoms with E-state index in [0.717, 1.165) is 25.7 Å². The number of benzene rings is 1. The van der Waals surface area contributed by atoms with E-state index in [-0.39, 0.29) is 23.9 Å². The van der Waals surface area contributed by atoms with Gasteiger partial charge >= 0.3 is 0 Å². The van der Waals surface area contributed by atoms with E-state index in [9.17, 15) is 4.79 Å². The van der Waals surface area contributed by atoms with Crippen molar-refractivity contribution >= 4 is 18.3 Å². The average Bonchev–Trinajstić information content (AvgIpc) is 3.02. The molecule has 1 saturated carbocycles. The lowest BCUT2D eigenvalue weighted by molar-refractivity contribution is 0.0902. The number of ether oxygens (including phenoxy) is 3. The number of methoxy groups -OCH3 is 3. The lowest BCUT2D eigenvalue weighted by atomic mass is 9.97. The maximum absolute atomic E-state index is 12.6. The summed E-state index contributed by atoms with van der Waals surface area (Å²) in [6, 6.07) is 3.30. The van der Waals surface area contributed by atoms with Gasteiger partial charge in [-0.25, -0.2) is 0 Å². The average molecular weight is 345 g/mol. The van der Waals surface area contributed by atoms with Gasteiger partial charge in [0.1, 0.15) is 0 Å². The van der Waals surface area contributed by atoms with E-state index >= 15 is 0 Å². The summed E-state index contributed by atoms with van der Waals surface area (Å²) in [5.74, 6) is 1.21. The Balaban J connectivity index is 0.00000264. The summed E-state index contributed by atoms with van der Waals surface area (Å²) in [5, 5.41) is 3.08. The molecular formula is C16H25ClN2O4. The number of rotatable bonds is 6. The molecule has 23 heavy (non-hydrogen) atoms. The van der Waals surface area contributed by atoms with Crippen LogP contribution in [0.25, 0.3) is 0 Å². The van der Waals surface area contributed by atoms with E-state index < -0.39 is 0 Å². The van der Waals surface area contributed by atoms with Crippen LogP contribution in [0.1, 0.15) is 36.0 Å². The van der Waals surface area contributed by atoms with E-state index in [2.05, 4.69) is 5.32 Å². The molecule has 1 aromatic rings. The summed E-state index contributed by atoms with van der Waals surface area (Å²) in [6.07, 6.45) is 4.01. The van der Waals surface area contributed by atoms with Crippen molar-refractivity contribution in [3.63, 3.8) is 0 Å². The molecule has 7 heteroatoms. The Morgan fingerprint density at radius 2 is 1.65 bits per heavy atom. The molecule has 3 N–H and O–H groups in total. The molecule has 1 aromatic carbocycles. The minimum absolute atomic E-state index is 0. The molecule has 0 aromatic heterocycles. The van der Waals surface area contributed by atoms with Gasteiger partial charge in [-0.3, -0.25) is 4.79 Å². The third-order valence-corrected chi connectivity index (χ3v) is 4.26. The summed E-state index contributed by atoms with van der Waals surface area (Å²) in [7, 11) is 4.58. The number of nitrogens with two attached hydrogens (primary N) is 1. The summed E-state index contributed by atoms with van der Waals surface area (Å²) in [5.41, 5.74) is 6.04. The number of carbonyl (C=O) groups excluding carboxylic acids is 1. The molecule has 0 radical (unpaired) electrons. The predicted molar refractivity (Wildman–Crippen MR) is 91.1 cm³/mol. The minimum Gasteiger partial charge on any atom is -0.493 e. The van der Waals surface area contributed by atoms with Crippen LogP contribution < -0.4 is 25.3 Å². The molecule has 1 aliphatic carbocycles. The van der Waals surface area contributed by atoms with Crippen LogP contribution >= 0.6 is 12.4 Å². The first kappa shape index (κ1) is 19.4. The molecule has 0 bridgehead atoms. The topological polar surface area (TPSA) is 82.8 Å². The van der Waals surface area contributed by atoms with Crippen molar-refractivity contribution in [2.75, 3.05) is 27.9 Å². The first-order valence-corrected chi connectivity index (χ1v) is 7.41. The summed E-state index contributed by atoms with van der Waals surface area (Å²) >= 11 is 0. The molecule has 0 saturated heterocycles. The lowest BCUT2D eigenvalue weighted by Gasteiger charge is -2.29. The fourth-order valence-corrected chi connectivity index (χ4v) is 2.96. The van der Waals surface area contributed by atoms with Crippen molar-refractivity contribution in [2.45, 2.75) is 31.2 Å². The van der Waals surface area contributed by atoms with Gasteiger partial charge in [0.2, 0.25) is 5.75 Å². The molecule has 0 aliphatic heterocycles. The maximum atomic E-state index is 12.6. The first-order chi connectivity index (χ1) is 10.6. The van der Waals surface area contributed by atoms with Crippen LogP contribution in [0.3, 0.4) is 0 Å². The summed E-state index contributed by atoms with van der Waals surface area (Å²) in [4.78, 5) is 12.6. The van der Waals surface area contributed by atoms with Gasteiger partial charge in [0, 0.05) is 12.1 Å². The van der Waals surface area contributed by atoms with E-state index in [1.54, 1.807) is 12.1 Å². The van der Waals surface area contributed by atoms with E-state index in [0.29, 0.717) is 29.4 Å². The second-order valence-electron chi connectivity index (χ2n) is 5.56. The molecule has 1 aliphatic rings. The van der Waals surface area contributed by atoms with Gasteiger partial charge in [-0.2, -0.15) is 0 Å². The molecule has 0 atom stereocenters. The van der Waals surface area contributed by atoms with Gasteiger partial charge in [0.05, 0.1) is 26.9 Å². The van der Waals surface area contributed by atoms with Gasteiger partial charge in [-0.05, 0) is 25.0 Å². The number of halogens is 1. The quantitative estimate of drug-likeness (QED) is 0.826. The highest BCUT2D eigenvalue weighted by Gasteiger charge is 2.34. The number of hydrogen-bond acceptors (Lipinski definition) is 5. The molecule has 0 spiro atoms. The van der Waals surface area contributed by atoms with Crippen molar-refractivity contribution in [3.05, 3.63) is 17.7 Å². The van der Waals surface area contributed by atoms with Gasteiger partial charge in [0.25, 0.3) is 5.91 Å². The highest BCUT2D eigenvalue weighted by atomic mass is 35.5. The van der Waals surface area contributed by atoms with Gasteiger partial charge in [-0.15, -0.1) is 12.4 Å². The van der Waals surface area contributed by atoms with Crippen molar-refractivity contribution in [1.29, 1.82) is 0 Å². The Kier molecular flexibility index (Phi) is 6.97. The third kappa shape index (κ3) is 4.00. The molecule has 2 rings (SSSR count). The second kappa shape index (κ2) is 8.26. The van der Waals surface area contributed by atoms with Gasteiger partial charge < -0.3 is 25.3 Å². The first-order valence-electron chi connectivity index (χ1n) is 7.41. The highest BCUT2D eigenvalue weighted by molar-refractivity contribution is 5.96. The van der Waals surface area contributed by atoms with Gasteiger partial charge in [0.15, 0.2) is 11.5 Å². The van der Waals surface area contributed by atoms with E-state index in [1.165, 1.54) is 21.3 Å². The Hall–Kier alpha value is -1.66. The zero-order chi connectivity index (χ0) is 16.2. The van der Waals surface area contributed by atoms with Crippen LogP contribution in [-0.2, 0) is 0 Å². The normalized spacial score (nSPS) is 15.5. The molecule has 1 amide bonds. The second-order valence-corrected chi connectivity index (χ2v) is 5.56. The fourth-order valence-electron chi connectivity index (χ4n) is 2.96. The van der Waals surface area contributed by atoms with E-state index in [1.807, 2.05) is 0 Å². The predicted octanol–water partition coefficient (Wildman–Crippen LogP) is 2.14. The number of nitrogens with one attached hydrogen (secondary N) is 1. The monoisotopic (exact) mass is 344 g/mol. The summed E-state index contributed by atoms with van der Waals surface area (Å²) in [6.45, 7) is 0.448. The van der Waals surface area contributed by atoms with Crippen molar-refractivity contribution in [3.8, 4) is 17.2 Å². The number of hydrogen-bond donors (Lipinski definition) is 2. The van der Waals surface area contributed by atoms with Crippen LogP contribution in [-0.4, -0.2) is 39.3 Å². The van der Waals surface area contributed by atoms with E-state index in [4.69, 9.17) is 19.9 Å². The molecule has 0 heterocycles. The zero-order valence-corrected chi connectivity index (χ0v) is 14.6. The maximum Gasteiger partial charge on any atom is 0.252 e. The van der Waals surface area contributed by atoms with Crippen molar-refractivity contribution < 1.29 is 19.0 Å². The Labute approximate surface area is 143 Å². The van der Waals surface area contributed by atoms with Gasteiger partial charge in [-0.1, -0.05) is 12.8 Å². The van der Waals surface area contributed by atoms with Crippen LogP contribution in [0, 0.1) is 0 Å². The van der Waals surface area contributed by atoms with Crippen LogP contribution in [0.15, 0.2) is 12.1 Å². The molecule has 130 valence electrons.